The average Bonchev–Trinajstić information content (AvgIpc) is 2.79. The van der Waals surface area contributed by atoms with Crippen molar-refractivity contribution in [2.75, 3.05) is 0 Å². The van der Waals surface area contributed by atoms with Crippen LogP contribution in [0.4, 0.5) is 0 Å². The normalized spacial score (nSPS) is 12.3. The molecule has 1 aromatic carbocycles. The Morgan fingerprint density at radius 2 is 2.22 bits per heavy atom. The van der Waals surface area contributed by atoms with Gasteiger partial charge in [0.05, 0.1) is 17.4 Å². The molecule has 0 saturated heterocycles. The number of benzene rings is 1. The van der Waals surface area contributed by atoms with Crippen molar-refractivity contribution in [3.63, 3.8) is 0 Å². The third-order valence-electron chi connectivity index (χ3n) is 2.89. The number of aromatic nitrogens is 2. The average molecular weight is 243 g/mol. The van der Waals surface area contributed by atoms with Gasteiger partial charge in [0, 0.05) is 5.57 Å². The van der Waals surface area contributed by atoms with Gasteiger partial charge in [0.1, 0.15) is 6.17 Å². The highest BCUT2D eigenvalue weighted by Crippen LogP contribution is 2.18. The predicted octanol–water partition coefficient (Wildman–Crippen LogP) is 2.64. The number of para-hydroxylation sites is 2. The van der Waals surface area contributed by atoms with Crippen LogP contribution in [0.25, 0.3) is 11.0 Å². The van der Waals surface area contributed by atoms with Crippen molar-refractivity contribution in [1.29, 1.82) is 0 Å². The van der Waals surface area contributed by atoms with Gasteiger partial charge < -0.3 is 9.88 Å². The first-order valence-electron chi connectivity index (χ1n) is 6.01. The van der Waals surface area contributed by atoms with Crippen LogP contribution in [-0.2, 0) is 4.79 Å². The molecule has 0 bridgehead atoms. The molecule has 1 atom stereocenters. The molecule has 4 nitrogen and oxygen atoms in total. The monoisotopic (exact) mass is 243 g/mol. The topological polar surface area (TPSA) is 46.9 Å². The number of imidazole rings is 1. The van der Waals surface area contributed by atoms with Crippen LogP contribution in [0.5, 0.6) is 0 Å². The van der Waals surface area contributed by atoms with E-state index < -0.39 is 0 Å². The molecule has 1 N–H and O–H groups in total. The second kappa shape index (κ2) is 5.04. The Kier molecular flexibility index (Phi) is 3.46. The standard InChI is InChI=1S/C14H17N3O/c1-4-13(16-14(18)10(2)3)17-9-15-11-7-5-6-8-12(11)17/h5-9,13H,2,4H2,1,3H3,(H,16,18). The summed E-state index contributed by atoms with van der Waals surface area (Å²) in [5.74, 6) is -0.125. The summed E-state index contributed by atoms with van der Waals surface area (Å²) in [6.07, 6.45) is 2.46. The molecule has 0 aliphatic heterocycles. The number of rotatable bonds is 4. The van der Waals surface area contributed by atoms with Crippen LogP contribution in [0.15, 0.2) is 42.7 Å². The SMILES string of the molecule is C=C(C)C(=O)NC(CC)n1cnc2ccccc21. The van der Waals surface area contributed by atoms with Crippen LogP contribution in [0.1, 0.15) is 26.4 Å². The molecule has 0 fully saturated rings. The number of nitrogens with one attached hydrogen (secondary N) is 1. The zero-order chi connectivity index (χ0) is 13.1. The maximum Gasteiger partial charge on any atom is 0.247 e. The summed E-state index contributed by atoms with van der Waals surface area (Å²) in [6.45, 7) is 7.38. The smallest absolute Gasteiger partial charge is 0.247 e. The van der Waals surface area contributed by atoms with Crippen molar-refractivity contribution < 1.29 is 4.79 Å². The van der Waals surface area contributed by atoms with Crippen molar-refractivity contribution in [2.45, 2.75) is 26.4 Å². The second-order valence-electron chi connectivity index (χ2n) is 4.32. The lowest BCUT2D eigenvalue weighted by atomic mass is 10.2. The molecule has 1 aromatic heterocycles. The van der Waals surface area contributed by atoms with Crippen LogP contribution in [-0.4, -0.2) is 15.5 Å². The summed E-state index contributed by atoms with van der Waals surface area (Å²) in [4.78, 5) is 16.0. The van der Waals surface area contributed by atoms with Crippen molar-refractivity contribution >= 4 is 16.9 Å². The fourth-order valence-corrected chi connectivity index (χ4v) is 1.87. The van der Waals surface area contributed by atoms with Gasteiger partial charge in [0.2, 0.25) is 5.91 Å². The zero-order valence-electron chi connectivity index (χ0n) is 10.7. The number of hydrogen-bond acceptors (Lipinski definition) is 2. The van der Waals surface area contributed by atoms with Crippen molar-refractivity contribution in [2.24, 2.45) is 0 Å². The number of amides is 1. The van der Waals surface area contributed by atoms with Crippen LogP contribution in [0, 0.1) is 0 Å². The molecule has 18 heavy (non-hydrogen) atoms. The van der Waals surface area contributed by atoms with Gasteiger partial charge in [-0.3, -0.25) is 4.79 Å². The van der Waals surface area contributed by atoms with Crippen molar-refractivity contribution in [3.8, 4) is 0 Å². The first-order valence-corrected chi connectivity index (χ1v) is 6.01. The van der Waals surface area contributed by atoms with E-state index in [0.29, 0.717) is 5.57 Å². The van der Waals surface area contributed by atoms with Crippen LogP contribution < -0.4 is 5.32 Å². The minimum absolute atomic E-state index is 0.0957. The van der Waals surface area contributed by atoms with Gasteiger partial charge in [-0.15, -0.1) is 0 Å². The summed E-state index contributed by atoms with van der Waals surface area (Å²) >= 11 is 0. The van der Waals surface area contributed by atoms with Crippen molar-refractivity contribution in [3.05, 3.63) is 42.7 Å². The van der Waals surface area contributed by atoms with Gasteiger partial charge in [-0.25, -0.2) is 4.98 Å². The Hall–Kier alpha value is -2.10. The van der Waals surface area contributed by atoms with E-state index in [0.717, 1.165) is 17.5 Å². The van der Waals surface area contributed by atoms with Gasteiger partial charge in [0.15, 0.2) is 0 Å². The lowest BCUT2D eigenvalue weighted by Gasteiger charge is -2.19. The molecule has 0 spiro atoms. The molecule has 2 aromatic rings. The number of fused-ring (bicyclic) bond motifs is 1. The van der Waals surface area contributed by atoms with E-state index in [-0.39, 0.29) is 12.1 Å². The molecule has 0 aliphatic rings. The van der Waals surface area contributed by atoms with Gasteiger partial charge in [0.25, 0.3) is 0 Å². The quantitative estimate of drug-likeness (QED) is 0.839. The minimum Gasteiger partial charge on any atom is -0.332 e. The molecular weight excluding hydrogens is 226 g/mol. The predicted molar refractivity (Wildman–Crippen MR) is 72.0 cm³/mol. The Balaban J connectivity index is 2.33. The molecule has 1 amide bonds. The highest BCUT2D eigenvalue weighted by atomic mass is 16.1. The van der Waals surface area contributed by atoms with E-state index in [1.807, 2.05) is 35.8 Å². The van der Waals surface area contributed by atoms with Crippen molar-refractivity contribution in [1.82, 2.24) is 14.9 Å². The van der Waals surface area contributed by atoms with Crippen LogP contribution in [0.3, 0.4) is 0 Å². The lowest BCUT2D eigenvalue weighted by molar-refractivity contribution is -0.118. The molecule has 4 heteroatoms. The summed E-state index contributed by atoms with van der Waals surface area (Å²) in [5.41, 5.74) is 2.46. The molecule has 94 valence electrons. The molecule has 0 saturated carbocycles. The Morgan fingerprint density at radius 3 is 2.89 bits per heavy atom. The summed E-state index contributed by atoms with van der Waals surface area (Å²) in [5, 5.41) is 2.95. The maximum atomic E-state index is 11.7. The number of nitrogens with zero attached hydrogens (tertiary/aromatic N) is 2. The first-order chi connectivity index (χ1) is 8.63. The van der Waals surface area contributed by atoms with E-state index in [4.69, 9.17) is 0 Å². The third-order valence-corrected chi connectivity index (χ3v) is 2.89. The van der Waals surface area contributed by atoms with E-state index >= 15 is 0 Å². The molecular formula is C14H17N3O. The van der Waals surface area contributed by atoms with E-state index in [2.05, 4.69) is 16.9 Å². The summed E-state index contributed by atoms with van der Waals surface area (Å²) < 4.78 is 1.98. The van der Waals surface area contributed by atoms with E-state index in [1.165, 1.54) is 0 Å². The minimum atomic E-state index is -0.125. The van der Waals surface area contributed by atoms with Gasteiger partial charge in [-0.1, -0.05) is 25.6 Å². The first kappa shape index (κ1) is 12.4. The van der Waals surface area contributed by atoms with Gasteiger partial charge in [-0.05, 0) is 25.5 Å². The maximum absolute atomic E-state index is 11.7. The van der Waals surface area contributed by atoms with E-state index in [1.54, 1.807) is 13.3 Å². The van der Waals surface area contributed by atoms with E-state index in [9.17, 15) is 4.79 Å². The number of carbonyl (C=O) groups is 1. The zero-order valence-corrected chi connectivity index (χ0v) is 10.7. The fourth-order valence-electron chi connectivity index (χ4n) is 1.87. The largest absolute Gasteiger partial charge is 0.332 e. The Morgan fingerprint density at radius 1 is 1.50 bits per heavy atom. The molecule has 1 heterocycles. The fraction of sp³-hybridized carbons (Fsp3) is 0.286. The van der Waals surface area contributed by atoms with Crippen LogP contribution >= 0.6 is 0 Å². The van der Waals surface area contributed by atoms with Gasteiger partial charge >= 0.3 is 0 Å². The highest BCUT2D eigenvalue weighted by Gasteiger charge is 2.14. The summed E-state index contributed by atoms with van der Waals surface area (Å²) in [7, 11) is 0. The molecule has 1 unspecified atom stereocenters. The molecule has 0 radical (unpaired) electrons. The molecule has 2 rings (SSSR count). The Labute approximate surface area is 106 Å². The highest BCUT2D eigenvalue weighted by molar-refractivity contribution is 5.92. The lowest BCUT2D eigenvalue weighted by Crippen LogP contribution is -2.32. The van der Waals surface area contributed by atoms with Crippen LogP contribution in [0.2, 0.25) is 0 Å². The number of carbonyl (C=O) groups excluding carboxylic acids is 1. The third kappa shape index (κ3) is 2.27. The second-order valence-corrected chi connectivity index (χ2v) is 4.32. The number of hydrogen-bond donors (Lipinski definition) is 1. The van der Waals surface area contributed by atoms with Gasteiger partial charge in [-0.2, -0.15) is 0 Å². The Bertz CT molecular complexity index is 585. The summed E-state index contributed by atoms with van der Waals surface area (Å²) in [6, 6.07) is 7.87. The molecule has 0 aliphatic carbocycles.